The van der Waals surface area contributed by atoms with Gasteiger partial charge in [-0.3, -0.25) is 4.90 Å². The van der Waals surface area contributed by atoms with E-state index >= 15 is 0 Å². The first-order valence-electron chi connectivity index (χ1n) is 9.39. The van der Waals surface area contributed by atoms with Gasteiger partial charge in [-0.25, -0.2) is 4.79 Å². The van der Waals surface area contributed by atoms with Crippen LogP contribution in [0.5, 0.6) is 0 Å². The molecule has 2 heterocycles. The quantitative estimate of drug-likeness (QED) is 0.704. The summed E-state index contributed by atoms with van der Waals surface area (Å²) < 4.78 is 17.7. The fourth-order valence-corrected chi connectivity index (χ4v) is 3.61. The third-order valence-electron chi connectivity index (χ3n) is 4.72. The molecule has 0 aliphatic carbocycles. The zero-order chi connectivity index (χ0) is 19.8. The number of carbonyl (C=O) groups excluding carboxylic acids is 1. The molecule has 27 heavy (non-hydrogen) atoms. The van der Waals surface area contributed by atoms with Crippen LogP contribution in [-0.4, -0.2) is 35.0 Å². The van der Waals surface area contributed by atoms with Crippen LogP contribution in [0.25, 0.3) is 11.0 Å². The number of furan rings is 1. The molecule has 0 saturated carbocycles. The molecule has 1 aliphatic rings. The van der Waals surface area contributed by atoms with Crippen molar-refractivity contribution >= 4 is 17.1 Å². The van der Waals surface area contributed by atoms with Crippen molar-refractivity contribution in [3.8, 4) is 0 Å². The zero-order valence-electron chi connectivity index (χ0n) is 16.9. The molecule has 3 rings (SSSR count). The predicted octanol–water partition coefficient (Wildman–Crippen LogP) is 5.08. The summed E-state index contributed by atoms with van der Waals surface area (Å²) in [7, 11) is 0. The second-order valence-corrected chi connectivity index (χ2v) is 8.46. The van der Waals surface area contributed by atoms with Crippen molar-refractivity contribution in [2.75, 3.05) is 6.61 Å². The average molecular weight is 371 g/mol. The molecule has 0 spiro atoms. The van der Waals surface area contributed by atoms with Crippen molar-refractivity contribution in [3.05, 3.63) is 48.2 Å². The Morgan fingerprint density at radius 2 is 2.07 bits per heavy atom. The molecule has 0 N–H and O–H groups in total. The zero-order valence-corrected chi connectivity index (χ0v) is 16.9. The predicted molar refractivity (Wildman–Crippen MR) is 106 cm³/mol. The van der Waals surface area contributed by atoms with E-state index in [1.54, 1.807) is 4.90 Å². The monoisotopic (exact) mass is 371 g/mol. The van der Waals surface area contributed by atoms with E-state index in [0.29, 0.717) is 13.0 Å². The van der Waals surface area contributed by atoms with Crippen molar-refractivity contribution in [2.24, 2.45) is 0 Å². The third-order valence-corrected chi connectivity index (χ3v) is 4.72. The van der Waals surface area contributed by atoms with E-state index in [4.69, 9.17) is 13.9 Å². The standard InChI is InChI=1S/C22H29NO4/c1-7-10-16-17-11-8-9-12-18(17)26-19(16)13-15-14-25-22(5,6)23(15)20(24)27-21(2,3)4/h7-9,11-12,15H,1,10,13-14H2,2-6H3/t15-/m1/s1. The molecular formula is C22H29NO4. The molecule has 0 bridgehead atoms. The molecule has 1 amide bonds. The van der Waals surface area contributed by atoms with E-state index in [0.717, 1.165) is 28.7 Å². The summed E-state index contributed by atoms with van der Waals surface area (Å²) in [6, 6.07) is 7.83. The van der Waals surface area contributed by atoms with Gasteiger partial charge >= 0.3 is 6.09 Å². The van der Waals surface area contributed by atoms with Gasteiger partial charge in [0.05, 0.1) is 12.6 Å². The Morgan fingerprint density at radius 1 is 1.37 bits per heavy atom. The molecule has 1 aromatic heterocycles. The van der Waals surface area contributed by atoms with Crippen LogP contribution >= 0.6 is 0 Å². The van der Waals surface area contributed by atoms with Gasteiger partial charge in [0.2, 0.25) is 0 Å². The van der Waals surface area contributed by atoms with Crippen molar-refractivity contribution < 1.29 is 18.7 Å². The van der Waals surface area contributed by atoms with E-state index < -0.39 is 11.3 Å². The Balaban J connectivity index is 1.92. The van der Waals surface area contributed by atoms with E-state index in [1.165, 1.54) is 0 Å². The Labute approximate surface area is 160 Å². The number of hydrogen-bond acceptors (Lipinski definition) is 4. The van der Waals surface area contributed by atoms with E-state index in [1.807, 2.05) is 58.9 Å². The lowest BCUT2D eigenvalue weighted by Gasteiger charge is -2.35. The Kier molecular flexibility index (Phi) is 5.08. The van der Waals surface area contributed by atoms with Crippen molar-refractivity contribution in [3.63, 3.8) is 0 Å². The van der Waals surface area contributed by atoms with Gasteiger partial charge in [-0.05, 0) is 47.1 Å². The highest BCUT2D eigenvalue weighted by Gasteiger charge is 2.46. The Hall–Kier alpha value is -2.27. The van der Waals surface area contributed by atoms with Crippen LogP contribution in [0.3, 0.4) is 0 Å². The first kappa shape index (κ1) is 19.5. The summed E-state index contributed by atoms with van der Waals surface area (Å²) in [5.74, 6) is 0.871. The maximum absolute atomic E-state index is 12.8. The minimum absolute atomic E-state index is 0.154. The molecule has 1 saturated heterocycles. The molecule has 2 aromatic rings. The summed E-state index contributed by atoms with van der Waals surface area (Å²) >= 11 is 0. The van der Waals surface area contributed by atoms with Crippen LogP contribution in [0.1, 0.15) is 45.9 Å². The number of carbonyl (C=O) groups is 1. The second-order valence-electron chi connectivity index (χ2n) is 8.46. The maximum atomic E-state index is 12.8. The number of nitrogens with zero attached hydrogens (tertiary/aromatic N) is 1. The fourth-order valence-electron chi connectivity index (χ4n) is 3.61. The second kappa shape index (κ2) is 7.04. The summed E-state index contributed by atoms with van der Waals surface area (Å²) in [4.78, 5) is 14.5. The number of ether oxygens (including phenoxy) is 2. The Bertz CT molecular complexity index is 844. The minimum atomic E-state index is -0.725. The minimum Gasteiger partial charge on any atom is -0.461 e. The van der Waals surface area contributed by atoms with Gasteiger partial charge in [0.1, 0.15) is 22.7 Å². The van der Waals surface area contributed by atoms with Crippen molar-refractivity contribution in [2.45, 2.75) is 64.8 Å². The van der Waals surface area contributed by atoms with Gasteiger partial charge in [0, 0.05) is 17.4 Å². The first-order chi connectivity index (χ1) is 12.6. The lowest BCUT2D eigenvalue weighted by Crippen LogP contribution is -2.50. The number of benzene rings is 1. The molecule has 0 unspecified atom stereocenters. The van der Waals surface area contributed by atoms with Crippen LogP contribution < -0.4 is 0 Å². The molecule has 1 atom stereocenters. The van der Waals surface area contributed by atoms with Crippen LogP contribution in [0.4, 0.5) is 4.79 Å². The topological polar surface area (TPSA) is 51.9 Å². The normalized spacial score (nSPS) is 19.4. The summed E-state index contributed by atoms with van der Waals surface area (Å²) in [6.07, 6.45) is 2.80. The highest BCUT2D eigenvalue weighted by atomic mass is 16.6. The smallest absolute Gasteiger partial charge is 0.412 e. The van der Waals surface area contributed by atoms with Crippen molar-refractivity contribution in [1.29, 1.82) is 0 Å². The number of para-hydroxylation sites is 1. The molecule has 1 aliphatic heterocycles. The van der Waals surface area contributed by atoms with E-state index in [2.05, 4.69) is 12.6 Å². The largest absolute Gasteiger partial charge is 0.461 e. The van der Waals surface area contributed by atoms with Crippen molar-refractivity contribution in [1.82, 2.24) is 4.90 Å². The van der Waals surface area contributed by atoms with Gasteiger partial charge in [0.25, 0.3) is 0 Å². The lowest BCUT2D eigenvalue weighted by atomic mass is 10.0. The average Bonchev–Trinajstić information content (AvgIpc) is 3.04. The SMILES string of the molecule is C=CCc1c(C[C@@H]2COC(C)(C)N2C(=O)OC(C)(C)C)oc2ccccc12. The first-order valence-corrected chi connectivity index (χ1v) is 9.39. The van der Waals surface area contributed by atoms with Crippen LogP contribution in [-0.2, 0) is 22.3 Å². The Morgan fingerprint density at radius 3 is 2.74 bits per heavy atom. The molecule has 5 heteroatoms. The third kappa shape index (κ3) is 4.03. The lowest BCUT2D eigenvalue weighted by molar-refractivity contribution is -0.0625. The number of fused-ring (bicyclic) bond motifs is 1. The summed E-state index contributed by atoms with van der Waals surface area (Å²) in [5.41, 5.74) is 0.687. The highest BCUT2D eigenvalue weighted by molar-refractivity contribution is 5.82. The number of rotatable bonds is 4. The van der Waals surface area contributed by atoms with Gasteiger partial charge < -0.3 is 13.9 Å². The van der Waals surface area contributed by atoms with Gasteiger partial charge in [0.15, 0.2) is 0 Å². The maximum Gasteiger partial charge on any atom is 0.412 e. The van der Waals surface area contributed by atoms with E-state index in [-0.39, 0.29) is 12.1 Å². The van der Waals surface area contributed by atoms with Crippen LogP contribution in [0.2, 0.25) is 0 Å². The van der Waals surface area contributed by atoms with Crippen LogP contribution in [0, 0.1) is 0 Å². The van der Waals surface area contributed by atoms with Gasteiger partial charge in [-0.2, -0.15) is 0 Å². The fraction of sp³-hybridized carbons (Fsp3) is 0.500. The number of amides is 1. The van der Waals surface area contributed by atoms with Crippen LogP contribution in [0.15, 0.2) is 41.3 Å². The highest BCUT2D eigenvalue weighted by Crippen LogP contribution is 2.34. The summed E-state index contributed by atoms with van der Waals surface area (Å²) in [6.45, 7) is 13.7. The summed E-state index contributed by atoms with van der Waals surface area (Å²) in [5, 5.41) is 1.09. The van der Waals surface area contributed by atoms with E-state index in [9.17, 15) is 4.79 Å². The number of hydrogen-bond donors (Lipinski definition) is 0. The molecule has 146 valence electrons. The molecule has 5 nitrogen and oxygen atoms in total. The number of allylic oxidation sites excluding steroid dienone is 1. The molecule has 0 radical (unpaired) electrons. The molecular weight excluding hydrogens is 342 g/mol. The van der Waals surface area contributed by atoms with Gasteiger partial charge in [-0.15, -0.1) is 6.58 Å². The molecule has 1 aromatic carbocycles. The molecule has 1 fully saturated rings. The van der Waals surface area contributed by atoms with Gasteiger partial charge in [-0.1, -0.05) is 24.3 Å².